The molecule has 0 N–H and O–H groups in total. The van der Waals surface area contributed by atoms with Gasteiger partial charge >= 0.3 is 57.1 Å². The maximum atomic E-state index is 2.27. The van der Waals surface area contributed by atoms with E-state index < -0.39 is 0 Å². The van der Waals surface area contributed by atoms with Crippen molar-refractivity contribution in [2.24, 2.45) is 0 Å². The maximum Gasteiger partial charge on any atom is -0.147 e. The minimum absolute atomic E-state index is 0. The van der Waals surface area contributed by atoms with Gasteiger partial charge in [-0.2, -0.15) is 0 Å². The van der Waals surface area contributed by atoms with Crippen LogP contribution in [0.2, 0.25) is 3.67 Å². The Morgan fingerprint density at radius 2 is 2.00 bits per heavy atom. The molecule has 38 valence electrons. The first-order chi connectivity index (χ1) is 2.77. The van der Waals surface area contributed by atoms with E-state index in [2.05, 4.69) is 19.9 Å². The van der Waals surface area contributed by atoms with Crippen molar-refractivity contribution < 1.29 is 0 Å². The molecule has 0 nitrogen and oxygen atoms in total. The largest absolute Gasteiger partial charge is 0.147 e. The number of hydrogen-bond donors (Lipinski definition) is 0. The summed E-state index contributed by atoms with van der Waals surface area (Å²) in [7, 11) is 0. The van der Waals surface area contributed by atoms with E-state index in [9.17, 15) is 0 Å². The molecule has 0 aromatic carbocycles. The topological polar surface area (TPSA) is 0 Å². The van der Waals surface area contributed by atoms with Crippen molar-refractivity contribution >= 4 is 40.3 Å². The number of halogens is 1. The molecule has 0 aromatic heterocycles. The average molecular weight is 129 g/mol. The molecule has 0 aromatic rings. The summed E-state index contributed by atoms with van der Waals surface area (Å²) in [6.45, 7) is 4.27. The van der Waals surface area contributed by atoms with Crippen LogP contribution in [0.1, 0.15) is 13.8 Å². The van der Waals surface area contributed by atoms with E-state index in [0.29, 0.717) is 0 Å². The molecule has 0 fully saturated rings. The van der Waals surface area contributed by atoms with Gasteiger partial charge in [0.2, 0.25) is 0 Å². The summed E-state index contributed by atoms with van der Waals surface area (Å²) < 4.78 is 1.31. The maximum absolute atomic E-state index is 2.27. The Hall–Kier alpha value is 1.03. The summed E-state index contributed by atoms with van der Waals surface area (Å²) in [5.74, 6) is 0. The Kier molecular flexibility index (Phi) is 11.0. The van der Waals surface area contributed by atoms with Crippen molar-refractivity contribution in [3.63, 3.8) is 0 Å². The van der Waals surface area contributed by atoms with Gasteiger partial charge in [-0.15, -0.1) is 12.4 Å². The van der Waals surface area contributed by atoms with Crippen LogP contribution in [-0.4, -0.2) is 27.9 Å². The molecule has 0 spiro atoms. The first-order valence-electron chi connectivity index (χ1n) is 2.40. The van der Waals surface area contributed by atoms with E-state index in [1.54, 1.807) is 0 Å². The average Bonchev–Trinajstić information content (AvgIpc) is 1.35. The zero-order valence-corrected chi connectivity index (χ0v) is 8.01. The molecule has 0 aliphatic carbocycles. The number of rotatable bonds is 1. The van der Waals surface area contributed by atoms with Crippen LogP contribution in [0.3, 0.4) is 0 Å². The molecule has 0 rings (SSSR count). The van der Waals surface area contributed by atoms with Crippen molar-refractivity contribution in [3.8, 4) is 0 Å². The zero-order chi connectivity index (χ0) is 4.99. The minimum atomic E-state index is 0. The Balaban J connectivity index is 0. The smallest absolute Gasteiger partial charge is 0.147 e. The fourth-order valence-electron chi connectivity index (χ4n) is 0.408. The van der Waals surface area contributed by atoms with Crippen molar-refractivity contribution in [2.75, 3.05) is 0 Å². The van der Waals surface area contributed by atoms with Crippen LogP contribution in [-0.2, 0) is 0 Å². The summed E-state index contributed by atoms with van der Waals surface area (Å²) >= 11 is 1.31. The van der Waals surface area contributed by atoms with Crippen LogP contribution in [0.15, 0.2) is 11.6 Å². The van der Waals surface area contributed by atoms with Crippen molar-refractivity contribution in [2.45, 2.75) is 17.5 Å². The second kappa shape index (κ2) is 7.03. The monoisotopic (exact) mass is 128 g/mol. The number of hydrogen-bond acceptors (Lipinski definition) is 0. The van der Waals surface area contributed by atoms with Crippen LogP contribution in [0.5, 0.6) is 0 Å². The van der Waals surface area contributed by atoms with E-state index >= 15 is 0 Å². The molecular formula is C5H10ClNa. The van der Waals surface area contributed by atoms with Crippen LogP contribution in [0.4, 0.5) is 0 Å². The van der Waals surface area contributed by atoms with Crippen LogP contribution >= 0.6 is 12.4 Å². The summed E-state index contributed by atoms with van der Waals surface area (Å²) in [5, 5.41) is 0. The number of allylic oxidation sites excluding steroid dienone is 2. The second-order valence-electron chi connectivity index (χ2n) is 1.69. The Morgan fingerprint density at radius 3 is 2.00 bits per heavy atom. The van der Waals surface area contributed by atoms with Crippen molar-refractivity contribution in [1.29, 1.82) is 0 Å². The first-order valence-corrected chi connectivity index (χ1v) is 3.82. The van der Waals surface area contributed by atoms with Crippen molar-refractivity contribution in [3.05, 3.63) is 11.6 Å². The van der Waals surface area contributed by atoms with Crippen molar-refractivity contribution in [1.82, 2.24) is 0 Å². The van der Waals surface area contributed by atoms with E-state index in [0.717, 1.165) is 0 Å². The Morgan fingerprint density at radius 1 is 1.57 bits per heavy atom. The van der Waals surface area contributed by atoms with Gasteiger partial charge in [-0.3, -0.25) is 0 Å². The molecule has 0 saturated heterocycles. The fraction of sp³-hybridized carbons (Fsp3) is 0.600. The predicted octanol–water partition coefficient (Wildman–Crippen LogP) is 1.96. The molecule has 0 heterocycles. The fourth-order valence-corrected chi connectivity index (χ4v) is 1.22. The third kappa shape index (κ3) is 11.0. The van der Waals surface area contributed by atoms with E-state index in [1.165, 1.54) is 37.2 Å². The molecule has 0 amide bonds. The minimum Gasteiger partial charge on any atom is -0.147 e. The van der Waals surface area contributed by atoms with E-state index in [-0.39, 0.29) is 12.4 Å². The summed E-state index contributed by atoms with van der Waals surface area (Å²) in [4.78, 5) is 0. The molecule has 0 aliphatic rings. The van der Waals surface area contributed by atoms with Crippen LogP contribution in [0.25, 0.3) is 0 Å². The molecule has 0 bridgehead atoms. The van der Waals surface area contributed by atoms with Gasteiger partial charge in [0.15, 0.2) is 0 Å². The second-order valence-corrected chi connectivity index (χ2v) is 2.51. The molecule has 0 aliphatic heterocycles. The summed E-state index contributed by atoms with van der Waals surface area (Å²) in [6.07, 6.45) is 2.27. The van der Waals surface area contributed by atoms with Gasteiger partial charge in [0.05, 0.1) is 0 Å². The molecule has 0 saturated carbocycles. The first kappa shape index (κ1) is 10.9. The molecule has 7 heavy (non-hydrogen) atoms. The zero-order valence-electron chi connectivity index (χ0n) is 5.19. The molecule has 0 atom stereocenters. The molecule has 2 heteroatoms. The van der Waals surface area contributed by atoms with Gasteiger partial charge in [-0.05, 0) is 0 Å². The Labute approximate surface area is 69.2 Å². The molecule has 0 radical (unpaired) electrons. The SMILES string of the molecule is CC(C)=C[CH2][Na].Cl. The van der Waals surface area contributed by atoms with E-state index in [4.69, 9.17) is 0 Å². The molecule has 0 unspecified atom stereocenters. The summed E-state index contributed by atoms with van der Waals surface area (Å²) in [6, 6.07) is 0. The Bertz CT molecular complexity index is 55.1. The molecular weight excluding hydrogens is 118 g/mol. The third-order valence-electron chi connectivity index (χ3n) is 0.612. The third-order valence-corrected chi connectivity index (χ3v) is 1.02. The quantitative estimate of drug-likeness (QED) is 0.374. The summed E-state index contributed by atoms with van der Waals surface area (Å²) in [5.41, 5.74) is 1.45. The van der Waals surface area contributed by atoms with Gasteiger partial charge in [-0.25, -0.2) is 0 Å². The van der Waals surface area contributed by atoms with Gasteiger partial charge in [-0.1, -0.05) is 0 Å². The predicted molar refractivity (Wildman–Crippen MR) is 37.2 cm³/mol. The van der Waals surface area contributed by atoms with Gasteiger partial charge in [0, 0.05) is 0 Å². The van der Waals surface area contributed by atoms with Gasteiger partial charge < -0.3 is 0 Å². The van der Waals surface area contributed by atoms with Crippen LogP contribution < -0.4 is 0 Å². The standard InChI is InChI=1S/C5H9.ClH.Na/c1-4-5(2)3;;/h4H,1H2,2-3H3;1H;. The van der Waals surface area contributed by atoms with E-state index in [1.807, 2.05) is 0 Å². The van der Waals surface area contributed by atoms with Gasteiger partial charge in [0.1, 0.15) is 0 Å². The normalized spacial score (nSPS) is 6.86. The van der Waals surface area contributed by atoms with Gasteiger partial charge in [0.25, 0.3) is 0 Å². The van der Waals surface area contributed by atoms with Crippen LogP contribution in [0, 0.1) is 0 Å².